The molecule has 3 heterocycles. The third kappa shape index (κ3) is 4.39. The number of piperazine rings is 1. The Hall–Kier alpha value is -3.72. The number of nitrogens with one attached hydrogen (secondary N) is 1. The first-order valence-corrected chi connectivity index (χ1v) is 11.2. The summed E-state index contributed by atoms with van der Waals surface area (Å²) in [6, 6.07) is 15.8. The van der Waals surface area contributed by atoms with Gasteiger partial charge in [0, 0.05) is 56.1 Å². The van der Waals surface area contributed by atoms with Crippen LogP contribution in [0.25, 0.3) is 16.9 Å². The van der Waals surface area contributed by atoms with Crippen LogP contribution in [-0.2, 0) is 6.54 Å². The van der Waals surface area contributed by atoms with Gasteiger partial charge in [-0.05, 0) is 42.3 Å². The number of anilines is 1. The highest BCUT2D eigenvalue weighted by Crippen LogP contribution is 2.24. The average Bonchev–Trinajstić information content (AvgIpc) is 3.24. The van der Waals surface area contributed by atoms with Gasteiger partial charge in [-0.2, -0.15) is 9.61 Å². The fourth-order valence-corrected chi connectivity index (χ4v) is 4.06. The van der Waals surface area contributed by atoms with Crippen molar-refractivity contribution in [2.75, 3.05) is 38.5 Å². The fraction of sp³-hybridized carbons (Fsp3) is 0.240. The van der Waals surface area contributed by atoms with Gasteiger partial charge in [-0.1, -0.05) is 24.3 Å². The Bertz CT molecular complexity index is 1330. The van der Waals surface area contributed by atoms with Crippen LogP contribution in [0.3, 0.4) is 0 Å². The zero-order valence-electron chi connectivity index (χ0n) is 18.9. The van der Waals surface area contributed by atoms with E-state index in [1.54, 1.807) is 28.8 Å². The second-order valence-electron chi connectivity index (χ2n) is 8.49. The lowest BCUT2D eigenvalue weighted by molar-refractivity contribution is 0.0664. The average molecular weight is 454 g/mol. The first-order chi connectivity index (χ1) is 16.5. The summed E-state index contributed by atoms with van der Waals surface area (Å²) in [5.41, 5.74) is 3.40. The maximum Gasteiger partial charge on any atom is 0.253 e. The molecule has 170 valence electrons. The number of halogens is 1. The molecule has 0 unspecified atom stereocenters. The number of hydrogen-bond acceptors (Lipinski definition) is 5. The summed E-state index contributed by atoms with van der Waals surface area (Å²) in [4.78, 5) is 21.4. The molecule has 2 radical (unpaired) electrons. The molecular weight excluding hydrogens is 430 g/mol. The highest BCUT2D eigenvalue weighted by atomic mass is 19.1. The standard InChI is InChI=1S/C25H24BFN6O/c1-31-10-12-32(13-11-31)25(34)18-8-6-17(7-9-18)15-28-23-14-22(19-4-2-3-5-21(19)27)30-24-20(26)16-29-33(23)24/h2-9,14,16,28H,10-13,15H2,1H3. The van der Waals surface area contributed by atoms with Crippen LogP contribution in [0.2, 0.25) is 0 Å². The van der Waals surface area contributed by atoms with E-state index in [9.17, 15) is 9.18 Å². The van der Waals surface area contributed by atoms with E-state index < -0.39 is 0 Å². The van der Waals surface area contributed by atoms with E-state index in [4.69, 9.17) is 7.85 Å². The normalized spacial score (nSPS) is 14.5. The van der Waals surface area contributed by atoms with Crippen LogP contribution >= 0.6 is 0 Å². The number of amides is 1. The summed E-state index contributed by atoms with van der Waals surface area (Å²) in [7, 11) is 8.11. The van der Waals surface area contributed by atoms with Gasteiger partial charge in [0.2, 0.25) is 0 Å². The van der Waals surface area contributed by atoms with Crippen LogP contribution in [-0.4, -0.2) is 71.4 Å². The van der Waals surface area contributed by atoms with Crippen molar-refractivity contribution in [1.82, 2.24) is 24.4 Å². The molecule has 1 aliphatic rings. The van der Waals surface area contributed by atoms with Crippen LogP contribution in [0.4, 0.5) is 10.2 Å². The number of benzene rings is 2. The monoisotopic (exact) mass is 454 g/mol. The Morgan fingerprint density at radius 2 is 1.82 bits per heavy atom. The van der Waals surface area contributed by atoms with Crippen molar-refractivity contribution in [3.63, 3.8) is 0 Å². The fourth-order valence-electron chi connectivity index (χ4n) is 4.06. The van der Waals surface area contributed by atoms with Gasteiger partial charge in [0.05, 0.1) is 5.69 Å². The molecule has 2 aromatic heterocycles. The summed E-state index contributed by atoms with van der Waals surface area (Å²) in [5.74, 6) is 0.339. The second kappa shape index (κ2) is 9.27. The number of likely N-dealkylation sites (N-methyl/N-ethyl adjacent to an activating group) is 1. The molecule has 5 rings (SSSR count). The summed E-state index contributed by atoms with van der Waals surface area (Å²) in [5, 5.41) is 7.65. The molecule has 34 heavy (non-hydrogen) atoms. The van der Waals surface area contributed by atoms with Crippen molar-refractivity contribution in [3.05, 3.63) is 77.7 Å². The Morgan fingerprint density at radius 3 is 2.56 bits per heavy atom. The van der Waals surface area contributed by atoms with Crippen LogP contribution in [0, 0.1) is 5.82 Å². The summed E-state index contributed by atoms with van der Waals surface area (Å²) < 4.78 is 16.0. The van der Waals surface area contributed by atoms with E-state index in [2.05, 4.69) is 27.3 Å². The van der Waals surface area contributed by atoms with Crippen LogP contribution < -0.4 is 10.8 Å². The van der Waals surface area contributed by atoms with Gasteiger partial charge < -0.3 is 15.1 Å². The molecular formula is C25H24BFN6O. The first kappa shape index (κ1) is 22.1. The minimum absolute atomic E-state index is 0.0602. The Labute approximate surface area is 198 Å². The third-order valence-electron chi connectivity index (χ3n) is 6.11. The van der Waals surface area contributed by atoms with Gasteiger partial charge in [0.25, 0.3) is 5.91 Å². The van der Waals surface area contributed by atoms with Crippen LogP contribution in [0.5, 0.6) is 0 Å². The summed E-state index contributed by atoms with van der Waals surface area (Å²) >= 11 is 0. The SMILES string of the molecule is [B]c1cnn2c(NCc3ccc(C(=O)N4CCN(C)CC4)cc3)cc(-c3ccccc3F)nc12. The largest absolute Gasteiger partial charge is 0.366 e. The minimum Gasteiger partial charge on any atom is -0.366 e. The van der Waals surface area contributed by atoms with Crippen molar-refractivity contribution in [1.29, 1.82) is 0 Å². The third-order valence-corrected chi connectivity index (χ3v) is 6.11. The first-order valence-electron chi connectivity index (χ1n) is 11.2. The topological polar surface area (TPSA) is 65.8 Å². The number of nitrogens with zero attached hydrogens (tertiary/aromatic N) is 5. The van der Waals surface area contributed by atoms with Crippen LogP contribution in [0.1, 0.15) is 15.9 Å². The Kier molecular flexibility index (Phi) is 6.02. The predicted octanol–water partition coefficient (Wildman–Crippen LogP) is 2.33. The lowest BCUT2D eigenvalue weighted by Crippen LogP contribution is -2.47. The lowest BCUT2D eigenvalue weighted by atomic mass is 10.0. The molecule has 1 amide bonds. The maximum absolute atomic E-state index is 14.4. The van der Waals surface area contributed by atoms with Crippen molar-refractivity contribution in [3.8, 4) is 11.3 Å². The van der Waals surface area contributed by atoms with Gasteiger partial charge in [-0.15, -0.1) is 0 Å². The molecule has 9 heteroatoms. The minimum atomic E-state index is -0.357. The van der Waals surface area contributed by atoms with E-state index in [1.807, 2.05) is 29.2 Å². The molecule has 2 aromatic carbocycles. The molecule has 0 spiro atoms. The molecule has 1 aliphatic heterocycles. The highest BCUT2D eigenvalue weighted by molar-refractivity contribution is 6.36. The van der Waals surface area contributed by atoms with Gasteiger partial charge in [0.1, 0.15) is 19.5 Å². The van der Waals surface area contributed by atoms with Crippen molar-refractivity contribution < 1.29 is 9.18 Å². The molecule has 0 aliphatic carbocycles. The maximum atomic E-state index is 14.4. The number of aromatic nitrogens is 3. The van der Waals surface area contributed by atoms with Gasteiger partial charge in [0.15, 0.2) is 5.65 Å². The van der Waals surface area contributed by atoms with Crippen molar-refractivity contribution >= 4 is 30.7 Å². The number of fused-ring (bicyclic) bond motifs is 1. The molecule has 1 N–H and O–H groups in total. The molecule has 1 fully saturated rings. The quantitative estimate of drug-likeness (QED) is 0.469. The highest BCUT2D eigenvalue weighted by Gasteiger charge is 2.20. The van der Waals surface area contributed by atoms with Gasteiger partial charge in [-0.3, -0.25) is 4.79 Å². The number of carbonyl (C=O) groups is 1. The smallest absolute Gasteiger partial charge is 0.253 e. The number of carbonyl (C=O) groups excluding carboxylic acids is 1. The van der Waals surface area contributed by atoms with E-state index in [1.165, 1.54) is 12.3 Å². The van der Waals surface area contributed by atoms with Crippen LogP contribution in [0.15, 0.2) is 60.8 Å². The molecule has 0 bridgehead atoms. The Balaban J connectivity index is 1.35. The van der Waals surface area contributed by atoms with E-state index >= 15 is 0 Å². The van der Waals surface area contributed by atoms with Gasteiger partial charge >= 0.3 is 0 Å². The Morgan fingerprint density at radius 1 is 1.09 bits per heavy atom. The molecule has 0 atom stereocenters. The zero-order valence-corrected chi connectivity index (χ0v) is 18.9. The van der Waals surface area contributed by atoms with Gasteiger partial charge in [-0.25, -0.2) is 9.37 Å². The van der Waals surface area contributed by atoms with E-state index in [0.717, 1.165) is 31.7 Å². The summed E-state index contributed by atoms with van der Waals surface area (Å²) in [6.45, 7) is 3.75. The number of rotatable bonds is 5. The van der Waals surface area contributed by atoms with Crippen molar-refractivity contribution in [2.45, 2.75) is 6.54 Å². The molecule has 4 aromatic rings. The van der Waals surface area contributed by atoms with E-state index in [-0.39, 0.29) is 11.7 Å². The lowest BCUT2D eigenvalue weighted by Gasteiger charge is -2.32. The summed E-state index contributed by atoms with van der Waals surface area (Å²) in [6.07, 6.45) is 1.53. The molecule has 1 saturated heterocycles. The predicted molar refractivity (Wildman–Crippen MR) is 131 cm³/mol. The number of hydrogen-bond donors (Lipinski definition) is 1. The second-order valence-corrected chi connectivity index (χ2v) is 8.49. The molecule has 7 nitrogen and oxygen atoms in total. The van der Waals surface area contributed by atoms with Crippen molar-refractivity contribution in [2.24, 2.45) is 0 Å². The van der Waals surface area contributed by atoms with E-state index in [0.29, 0.717) is 40.3 Å². The zero-order chi connectivity index (χ0) is 23.7. The molecule has 0 saturated carbocycles.